The van der Waals surface area contributed by atoms with Crippen molar-refractivity contribution < 1.29 is 8.78 Å². The van der Waals surface area contributed by atoms with E-state index < -0.39 is 11.6 Å². The molecule has 0 aliphatic heterocycles. The topological polar surface area (TPSA) is 38.4 Å². The van der Waals surface area contributed by atoms with Gasteiger partial charge in [-0.3, -0.25) is 0 Å². The van der Waals surface area contributed by atoms with Crippen molar-refractivity contribution in [1.29, 1.82) is 0 Å². The van der Waals surface area contributed by atoms with E-state index in [1.165, 1.54) is 6.07 Å². The molecule has 0 heterocycles. The molecule has 6 heteroatoms. The molecule has 0 radical (unpaired) electrons. The van der Waals surface area contributed by atoms with E-state index in [4.69, 9.17) is 17.3 Å². The molecule has 1 aromatic rings. The largest absolute Gasteiger partial charge is 0.383 e. The van der Waals surface area contributed by atoms with Crippen LogP contribution in [0.5, 0.6) is 0 Å². The number of nitrogens with two attached hydrogens (primary N) is 1. The standard InChI is InChI=1S/C7H4BrClF2N2/c8-13-7(12)4-1-3(9)2-5(10)6(4)11/h1-2H,(H2,12,13). The summed E-state index contributed by atoms with van der Waals surface area (Å²) in [5.74, 6) is -2.29. The van der Waals surface area contributed by atoms with Crippen LogP contribution in [0.25, 0.3) is 0 Å². The van der Waals surface area contributed by atoms with Crippen LogP contribution in [-0.4, -0.2) is 5.84 Å². The minimum absolute atomic E-state index is 0.0630. The maximum absolute atomic E-state index is 13.0. The van der Waals surface area contributed by atoms with Crippen molar-refractivity contribution in [2.75, 3.05) is 0 Å². The van der Waals surface area contributed by atoms with Crippen LogP contribution < -0.4 is 5.73 Å². The molecule has 1 rings (SSSR count). The SMILES string of the molecule is NC(=NBr)c1cc(Cl)cc(F)c1F. The van der Waals surface area contributed by atoms with E-state index in [1.54, 1.807) is 0 Å². The van der Waals surface area contributed by atoms with Crippen molar-refractivity contribution in [2.24, 2.45) is 9.75 Å². The zero-order valence-electron chi connectivity index (χ0n) is 6.19. The molecule has 0 aromatic heterocycles. The van der Waals surface area contributed by atoms with E-state index in [0.29, 0.717) is 0 Å². The maximum Gasteiger partial charge on any atom is 0.169 e. The zero-order chi connectivity index (χ0) is 10.0. The molecule has 0 bridgehead atoms. The van der Waals surface area contributed by atoms with Gasteiger partial charge in [0.2, 0.25) is 0 Å². The number of halogens is 4. The van der Waals surface area contributed by atoms with Gasteiger partial charge >= 0.3 is 0 Å². The molecule has 0 amide bonds. The number of hydrogen-bond acceptors (Lipinski definition) is 1. The van der Waals surface area contributed by atoms with Crippen LogP contribution in [0.4, 0.5) is 8.78 Å². The third kappa shape index (κ3) is 2.16. The second-order valence-corrected chi connectivity index (χ2v) is 3.01. The highest BCUT2D eigenvalue weighted by Gasteiger charge is 2.12. The highest BCUT2D eigenvalue weighted by atomic mass is 79.9. The van der Waals surface area contributed by atoms with Crippen molar-refractivity contribution >= 4 is 33.6 Å². The van der Waals surface area contributed by atoms with E-state index in [-0.39, 0.29) is 16.4 Å². The van der Waals surface area contributed by atoms with Gasteiger partial charge < -0.3 is 5.73 Å². The average molecular weight is 269 g/mol. The van der Waals surface area contributed by atoms with Crippen LogP contribution >= 0.6 is 27.7 Å². The fourth-order valence-corrected chi connectivity index (χ4v) is 1.18. The van der Waals surface area contributed by atoms with E-state index >= 15 is 0 Å². The minimum Gasteiger partial charge on any atom is -0.383 e. The first kappa shape index (κ1) is 10.4. The fourth-order valence-electron chi connectivity index (χ4n) is 0.788. The first-order valence-electron chi connectivity index (χ1n) is 3.15. The Kier molecular flexibility index (Phi) is 3.22. The Morgan fingerprint density at radius 1 is 1.46 bits per heavy atom. The Labute approximate surface area is 86.7 Å². The second-order valence-electron chi connectivity index (χ2n) is 2.22. The minimum atomic E-state index is -1.06. The Morgan fingerprint density at radius 2 is 2.08 bits per heavy atom. The Bertz CT molecular complexity index is 368. The van der Waals surface area contributed by atoms with Gasteiger partial charge in [-0.2, -0.15) is 4.02 Å². The summed E-state index contributed by atoms with van der Waals surface area (Å²) in [6, 6.07) is 2.06. The lowest BCUT2D eigenvalue weighted by Gasteiger charge is -2.02. The molecule has 2 N–H and O–H groups in total. The summed E-state index contributed by atoms with van der Waals surface area (Å²) in [6.07, 6.45) is 0. The van der Waals surface area contributed by atoms with Gasteiger partial charge in [0.1, 0.15) is 5.84 Å². The normalized spacial score (nSPS) is 11.8. The van der Waals surface area contributed by atoms with E-state index in [0.717, 1.165) is 6.07 Å². The molecule has 0 aliphatic carbocycles. The van der Waals surface area contributed by atoms with Crippen molar-refractivity contribution in [1.82, 2.24) is 0 Å². The molecule has 0 aliphatic rings. The highest BCUT2D eigenvalue weighted by molar-refractivity contribution is 9.08. The van der Waals surface area contributed by atoms with Crippen LogP contribution in [0, 0.1) is 11.6 Å². The molecule has 1 aromatic carbocycles. The van der Waals surface area contributed by atoms with Gasteiger partial charge in [-0.15, -0.1) is 0 Å². The van der Waals surface area contributed by atoms with Crippen molar-refractivity contribution in [3.63, 3.8) is 0 Å². The quantitative estimate of drug-likeness (QED) is 0.475. The third-order valence-corrected chi connectivity index (χ3v) is 1.96. The van der Waals surface area contributed by atoms with Gasteiger partial charge in [0, 0.05) is 5.02 Å². The first-order chi connectivity index (χ1) is 6.06. The Hall–Kier alpha value is -0.680. The predicted molar refractivity (Wildman–Crippen MR) is 51.0 cm³/mol. The Morgan fingerprint density at radius 3 is 2.62 bits per heavy atom. The molecular weight excluding hydrogens is 265 g/mol. The number of hydrogen-bond donors (Lipinski definition) is 1. The van der Waals surface area contributed by atoms with Gasteiger partial charge in [-0.05, 0) is 12.1 Å². The lowest BCUT2D eigenvalue weighted by Crippen LogP contribution is -2.14. The molecular formula is C7H4BrClF2N2. The molecule has 70 valence electrons. The zero-order valence-corrected chi connectivity index (χ0v) is 8.53. The number of benzene rings is 1. The molecule has 0 spiro atoms. The second kappa shape index (κ2) is 4.02. The average Bonchev–Trinajstić information content (AvgIpc) is 2.10. The van der Waals surface area contributed by atoms with E-state index in [2.05, 4.69) is 20.2 Å². The lowest BCUT2D eigenvalue weighted by molar-refractivity contribution is 0.507. The molecule has 0 saturated carbocycles. The van der Waals surface area contributed by atoms with Gasteiger partial charge in [-0.1, -0.05) is 11.6 Å². The summed E-state index contributed by atoms with van der Waals surface area (Å²) >= 11 is 8.16. The van der Waals surface area contributed by atoms with E-state index in [1.807, 2.05) is 0 Å². The molecule has 13 heavy (non-hydrogen) atoms. The summed E-state index contributed by atoms with van der Waals surface area (Å²) < 4.78 is 29.1. The highest BCUT2D eigenvalue weighted by Crippen LogP contribution is 2.18. The Balaban J connectivity index is 3.37. The molecule has 0 fully saturated rings. The van der Waals surface area contributed by atoms with E-state index in [9.17, 15) is 8.78 Å². The van der Waals surface area contributed by atoms with Crippen molar-refractivity contribution in [3.8, 4) is 0 Å². The summed E-state index contributed by atoms with van der Waals surface area (Å²) in [5.41, 5.74) is 5.11. The summed E-state index contributed by atoms with van der Waals surface area (Å²) in [6.45, 7) is 0. The summed E-state index contributed by atoms with van der Waals surface area (Å²) in [4.78, 5) is 0. The van der Waals surface area contributed by atoms with Gasteiger partial charge in [0.15, 0.2) is 11.6 Å². The number of amidine groups is 1. The van der Waals surface area contributed by atoms with Crippen LogP contribution in [-0.2, 0) is 0 Å². The monoisotopic (exact) mass is 268 g/mol. The maximum atomic E-state index is 13.0. The van der Waals surface area contributed by atoms with Crippen LogP contribution in [0.1, 0.15) is 5.56 Å². The number of rotatable bonds is 1. The molecule has 0 saturated heterocycles. The van der Waals surface area contributed by atoms with Gasteiger partial charge in [-0.25, -0.2) is 8.78 Å². The first-order valence-corrected chi connectivity index (χ1v) is 4.24. The summed E-state index contributed by atoms with van der Waals surface area (Å²) in [7, 11) is 0. The summed E-state index contributed by atoms with van der Waals surface area (Å²) in [5, 5.41) is 0.0630. The fraction of sp³-hybridized carbons (Fsp3) is 0. The van der Waals surface area contributed by atoms with Crippen molar-refractivity contribution in [2.45, 2.75) is 0 Å². The smallest absolute Gasteiger partial charge is 0.169 e. The third-order valence-electron chi connectivity index (χ3n) is 1.36. The lowest BCUT2D eigenvalue weighted by atomic mass is 10.2. The predicted octanol–water partition coefficient (Wildman–Crippen LogP) is 2.63. The van der Waals surface area contributed by atoms with Crippen LogP contribution in [0.15, 0.2) is 16.2 Å². The molecule has 0 unspecified atom stereocenters. The van der Waals surface area contributed by atoms with Gasteiger partial charge in [0.25, 0.3) is 0 Å². The molecule has 2 nitrogen and oxygen atoms in total. The van der Waals surface area contributed by atoms with Crippen LogP contribution in [0.2, 0.25) is 5.02 Å². The number of nitrogens with zero attached hydrogens (tertiary/aromatic N) is 1. The van der Waals surface area contributed by atoms with Gasteiger partial charge in [0.05, 0.1) is 21.7 Å². The van der Waals surface area contributed by atoms with Crippen LogP contribution in [0.3, 0.4) is 0 Å². The van der Waals surface area contributed by atoms with Crippen molar-refractivity contribution in [3.05, 3.63) is 34.4 Å². The molecule has 0 atom stereocenters.